The Labute approximate surface area is 119 Å². The number of nitro benzene ring substituents is 1. The van der Waals surface area contributed by atoms with Crippen molar-refractivity contribution in [2.24, 2.45) is 0 Å². The smallest absolute Gasteiger partial charge is 0.313 e. The molecule has 7 heteroatoms. The molecule has 0 saturated heterocycles. The number of nitrogens with zero attached hydrogens (tertiary/aromatic N) is 1. The van der Waals surface area contributed by atoms with Crippen molar-refractivity contribution in [3.63, 3.8) is 0 Å². The van der Waals surface area contributed by atoms with Crippen molar-refractivity contribution in [2.45, 2.75) is 6.54 Å². The van der Waals surface area contributed by atoms with Crippen molar-refractivity contribution in [3.05, 3.63) is 63.7 Å². The number of hydrogen-bond donors (Lipinski definition) is 1. The van der Waals surface area contributed by atoms with Gasteiger partial charge in [-0.1, -0.05) is 12.1 Å². The normalized spacial score (nSPS) is 10.2. The van der Waals surface area contributed by atoms with Crippen LogP contribution in [0.25, 0.3) is 0 Å². The molecule has 0 aliphatic heterocycles. The van der Waals surface area contributed by atoms with E-state index < -0.39 is 16.4 Å². The maximum Gasteiger partial charge on any atom is 0.313 e. The second-order valence-electron chi connectivity index (χ2n) is 4.24. The van der Waals surface area contributed by atoms with Gasteiger partial charge in [0.05, 0.1) is 23.8 Å². The standard InChI is InChI=1S/C14H12F2N2O3/c1-21-14-7-12(11(16)6-13(14)18(19)20)17-8-9-2-4-10(15)5-3-9/h2-7,17H,8H2,1H3. The van der Waals surface area contributed by atoms with E-state index >= 15 is 0 Å². The Hall–Kier alpha value is -2.70. The van der Waals surface area contributed by atoms with E-state index in [4.69, 9.17) is 4.74 Å². The molecule has 2 aromatic rings. The molecule has 0 atom stereocenters. The summed E-state index contributed by atoms with van der Waals surface area (Å²) < 4.78 is 31.5. The van der Waals surface area contributed by atoms with Crippen LogP contribution in [0, 0.1) is 21.7 Å². The monoisotopic (exact) mass is 294 g/mol. The highest BCUT2D eigenvalue weighted by Gasteiger charge is 2.19. The fourth-order valence-electron chi connectivity index (χ4n) is 1.78. The lowest BCUT2D eigenvalue weighted by molar-refractivity contribution is -0.385. The van der Waals surface area contributed by atoms with Crippen LogP contribution in [0.15, 0.2) is 36.4 Å². The summed E-state index contributed by atoms with van der Waals surface area (Å²) in [4.78, 5) is 10.0. The summed E-state index contributed by atoms with van der Waals surface area (Å²) in [5, 5.41) is 13.5. The van der Waals surface area contributed by atoms with E-state index in [0.29, 0.717) is 0 Å². The summed E-state index contributed by atoms with van der Waals surface area (Å²) in [6.45, 7) is 0.248. The number of anilines is 1. The van der Waals surface area contributed by atoms with Crippen LogP contribution in [-0.2, 0) is 6.54 Å². The minimum Gasteiger partial charge on any atom is -0.490 e. The summed E-state index contributed by atoms with van der Waals surface area (Å²) in [7, 11) is 1.27. The first-order valence-corrected chi connectivity index (χ1v) is 6.01. The van der Waals surface area contributed by atoms with Gasteiger partial charge >= 0.3 is 5.69 Å². The van der Waals surface area contributed by atoms with Gasteiger partial charge in [-0.25, -0.2) is 8.78 Å². The molecule has 21 heavy (non-hydrogen) atoms. The number of nitro groups is 1. The van der Waals surface area contributed by atoms with Crippen LogP contribution in [0.5, 0.6) is 5.75 Å². The summed E-state index contributed by atoms with van der Waals surface area (Å²) in [5.74, 6) is -1.16. The minimum atomic E-state index is -0.760. The summed E-state index contributed by atoms with van der Waals surface area (Å²) >= 11 is 0. The molecule has 5 nitrogen and oxygen atoms in total. The fraction of sp³-hybridized carbons (Fsp3) is 0.143. The van der Waals surface area contributed by atoms with Gasteiger partial charge in [0, 0.05) is 12.6 Å². The molecule has 0 unspecified atom stereocenters. The number of hydrogen-bond acceptors (Lipinski definition) is 4. The number of rotatable bonds is 5. The van der Waals surface area contributed by atoms with Crippen molar-refractivity contribution in [1.82, 2.24) is 0 Å². The van der Waals surface area contributed by atoms with Crippen molar-refractivity contribution < 1.29 is 18.4 Å². The molecule has 110 valence electrons. The Balaban J connectivity index is 2.20. The molecular formula is C14H12F2N2O3. The van der Waals surface area contributed by atoms with Crippen molar-refractivity contribution in [2.75, 3.05) is 12.4 Å². The lowest BCUT2D eigenvalue weighted by Crippen LogP contribution is -2.03. The molecule has 0 bridgehead atoms. The van der Waals surface area contributed by atoms with Crippen LogP contribution in [0.3, 0.4) is 0 Å². The topological polar surface area (TPSA) is 64.4 Å². The number of ether oxygens (including phenoxy) is 1. The van der Waals surface area contributed by atoms with Crippen LogP contribution in [-0.4, -0.2) is 12.0 Å². The van der Waals surface area contributed by atoms with Crippen molar-refractivity contribution >= 4 is 11.4 Å². The third-order valence-electron chi connectivity index (χ3n) is 2.86. The van der Waals surface area contributed by atoms with Crippen LogP contribution in [0.4, 0.5) is 20.2 Å². The van der Waals surface area contributed by atoms with Crippen LogP contribution in [0.1, 0.15) is 5.56 Å². The number of halogens is 2. The number of nitrogens with one attached hydrogen (secondary N) is 1. The zero-order valence-corrected chi connectivity index (χ0v) is 11.1. The van der Waals surface area contributed by atoms with Gasteiger partial charge in [-0.15, -0.1) is 0 Å². The first-order chi connectivity index (χ1) is 10.0. The highest BCUT2D eigenvalue weighted by Crippen LogP contribution is 2.32. The summed E-state index contributed by atoms with van der Waals surface area (Å²) in [6.07, 6.45) is 0. The molecule has 0 aliphatic rings. The van der Waals surface area contributed by atoms with Gasteiger partial charge in [0.1, 0.15) is 5.82 Å². The second kappa shape index (κ2) is 6.17. The maximum atomic E-state index is 13.8. The van der Waals surface area contributed by atoms with Gasteiger partial charge < -0.3 is 10.1 Å². The van der Waals surface area contributed by atoms with Gasteiger partial charge in [0.2, 0.25) is 0 Å². The van der Waals surface area contributed by atoms with E-state index in [2.05, 4.69) is 5.32 Å². The molecular weight excluding hydrogens is 282 g/mol. The Bertz CT molecular complexity index is 660. The Morgan fingerprint density at radius 1 is 1.24 bits per heavy atom. The van der Waals surface area contributed by atoms with E-state index in [-0.39, 0.29) is 23.8 Å². The van der Waals surface area contributed by atoms with Gasteiger partial charge in [0.25, 0.3) is 0 Å². The molecule has 0 aromatic heterocycles. The predicted octanol–water partition coefficient (Wildman–Crippen LogP) is 3.49. The van der Waals surface area contributed by atoms with Crippen LogP contribution < -0.4 is 10.1 Å². The fourth-order valence-corrected chi connectivity index (χ4v) is 1.78. The predicted molar refractivity (Wildman–Crippen MR) is 73.3 cm³/mol. The molecule has 0 amide bonds. The molecule has 0 spiro atoms. The quantitative estimate of drug-likeness (QED) is 0.677. The van der Waals surface area contributed by atoms with Gasteiger partial charge in [-0.05, 0) is 17.7 Å². The zero-order chi connectivity index (χ0) is 15.4. The van der Waals surface area contributed by atoms with Gasteiger partial charge in [-0.2, -0.15) is 0 Å². The third-order valence-corrected chi connectivity index (χ3v) is 2.86. The Morgan fingerprint density at radius 2 is 1.90 bits per heavy atom. The van der Waals surface area contributed by atoms with E-state index in [9.17, 15) is 18.9 Å². The Kier molecular flexibility index (Phi) is 4.32. The van der Waals surface area contributed by atoms with Crippen molar-refractivity contribution in [1.29, 1.82) is 0 Å². The number of benzene rings is 2. The summed E-state index contributed by atoms with van der Waals surface area (Å²) in [5.41, 5.74) is 0.372. The minimum absolute atomic E-state index is 0.0389. The molecule has 2 rings (SSSR count). The van der Waals surface area contributed by atoms with E-state index in [1.807, 2.05) is 0 Å². The Morgan fingerprint density at radius 3 is 2.48 bits per heavy atom. The van der Waals surface area contributed by atoms with E-state index in [1.165, 1.54) is 25.3 Å². The molecule has 1 N–H and O–H groups in total. The molecule has 0 saturated carbocycles. The molecule has 2 aromatic carbocycles. The summed E-state index contributed by atoms with van der Waals surface area (Å²) in [6, 6.07) is 7.72. The zero-order valence-electron chi connectivity index (χ0n) is 11.1. The van der Waals surface area contributed by atoms with E-state index in [1.54, 1.807) is 12.1 Å². The van der Waals surface area contributed by atoms with Crippen LogP contribution in [0.2, 0.25) is 0 Å². The largest absolute Gasteiger partial charge is 0.490 e. The lowest BCUT2D eigenvalue weighted by Gasteiger charge is -2.10. The molecule has 0 radical (unpaired) electrons. The third kappa shape index (κ3) is 3.44. The van der Waals surface area contributed by atoms with Gasteiger partial charge in [0.15, 0.2) is 11.6 Å². The first-order valence-electron chi connectivity index (χ1n) is 6.01. The van der Waals surface area contributed by atoms with Gasteiger partial charge in [-0.3, -0.25) is 10.1 Å². The molecule has 0 fully saturated rings. The average molecular weight is 294 g/mol. The highest BCUT2D eigenvalue weighted by molar-refractivity contribution is 5.59. The average Bonchev–Trinajstić information content (AvgIpc) is 2.47. The maximum absolute atomic E-state index is 13.8. The first kappa shape index (κ1) is 14.7. The lowest BCUT2D eigenvalue weighted by atomic mass is 10.2. The second-order valence-corrected chi connectivity index (χ2v) is 4.24. The van der Waals surface area contributed by atoms with E-state index in [0.717, 1.165) is 11.6 Å². The number of methoxy groups -OCH3 is 1. The highest BCUT2D eigenvalue weighted by atomic mass is 19.1. The molecule has 0 aliphatic carbocycles. The van der Waals surface area contributed by atoms with Crippen molar-refractivity contribution in [3.8, 4) is 5.75 Å². The van der Waals surface area contributed by atoms with Crippen LogP contribution >= 0.6 is 0 Å². The SMILES string of the molecule is COc1cc(NCc2ccc(F)cc2)c(F)cc1[N+](=O)[O-]. The molecule has 0 heterocycles.